The standard InChI is InChI=1S/C28H26ClN5O3/c1-34-23-12-10-18(29)16-21(23)25(30-13-6-14-31-28(36)32-19-7-4-3-5-8-19)24-20-15-17(27(35)37-2)9-11-22(20)33-26(24)34/h3-5,7-12,15-16,33H,6,13-14H2,1-2H3,(H2,31,32,36). The molecule has 0 saturated carbocycles. The lowest BCUT2D eigenvalue weighted by Gasteiger charge is -2.10. The number of fused-ring (bicyclic) bond motifs is 4. The number of ether oxygens (including phenoxy) is 1. The number of methoxy groups -OCH3 is 1. The number of carbonyl (C=O) groups is 2. The summed E-state index contributed by atoms with van der Waals surface area (Å²) < 4.78 is 6.99. The SMILES string of the molecule is COC(=O)c1ccc2[nH]c3c(c(=NCCCNC(=O)Nc4ccccc4)c4cc(Cl)ccc4n3C)c2c1. The Morgan fingerprint density at radius 1 is 1.05 bits per heavy atom. The fourth-order valence-corrected chi connectivity index (χ4v) is 4.66. The minimum absolute atomic E-state index is 0.260. The molecule has 37 heavy (non-hydrogen) atoms. The lowest BCUT2D eigenvalue weighted by Crippen LogP contribution is -2.29. The first kappa shape index (κ1) is 24.4. The average molecular weight is 516 g/mol. The van der Waals surface area contributed by atoms with E-state index in [1.165, 1.54) is 7.11 Å². The highest BCUT2D eigenvalue weighted by molar-refractivity contribution is 6.31. The molecule has 188 valence electrons. The molecular weight excluding hydrogens is 490 g/mol. The van der Waals surface area contributed by atoms with E-state index in [4.69, 9.17) is 21.3 Å². The van der Waals surface area contributed by atoms with Crippen LogP contribution in [0.1, 0.15) is 16.8 Å². The quantitative estimate of drug-likeness (QED) is 0.209. The minimum Gasteiger partial charge on any atom is -0.465 e. The molecule has 3 aromatic carbocycles. The van der Waals surface area contributed by atoms with Gasteiger partial charge in [-0.05, 0) is 55.0 Å². The lowest BCUT2D eigenvalue weighted by atomic mass is 10.1. The molecule has 8 nitrogen and oxygen atoms in total. The number of halogens is 1. The molecule has 0 spiro atoms. The number of anilines is 1. The molecule has 2 aromatic heterocycles. The third-order valence-electron chi connectivity index (χ3n) is 6.27. The van der Waals surface area contributed by atoms with Crippen molar-refractivity contribution in [3.8, 4) is 0 Å². The van der Waals surface area contributed by atoms with E-state index in [1.54, 1.807) is 6.07 Å². The Morgan fingerprint density at radius 3 is 2.65 bits per heavy atom. The molecule has 0 aliphatic heterocycles. The number of nitrogens with one attached hydrogen (secondary N) is 3. The van der Waals surface area contributed by atoms with Crippen LogP contribution in [0.2, 0.25) is 5.02 Å². The maximum Gasteiger partial charge on any atom is 0.337 e. The first-order valence-electron chi connectivity index (χ1n) is 11.9. The number of H-pyrrole nitrogens is 1. The van der Waals surface area contributed by atoms with E-state index in [0.717, 1.165) is 43.9 Å². The molecule has 2 amide bonds. The summed E-state index contributed by atoms with van der Waals surface area (Å²) in [7, 11) is 3.35. The predicted octanol–water partition coefficient (Wildman–Crippen LogP) is 5.37. The summed E-state index contributed by atoms with van der Waals surface area (Å²) in [5.41, 5.74) is 3.93. The molecule has 0 aliphatic carbocycles. The maximum atomic E-state index is 12.2. The summed E-state index contributed by atoms with van der Waals surface area (Å²) in [5, 5.41) is 9.74. The second-order valence-corrected chi connectivity index (χ2v) is 9.09. The normalized spacial score (nSPS) is 11.8. The van der Waals surface area contributed by atoms with Gasteiger partial charge in [0, 0.05) is 47.1 Å². The van der Waals surface area contributed by atoms with Crippen molar-refractivity contribution < 1.29 is 14.3 Å². The number of pyridine rings is 1. The van der Waals surface area contributed by atoms with E-state index in [-0.39, 0.29) is 6.03 Å². The largest absolute Gasteiger partial charge is 0.465 e. The van der Waals surface area contributed by atoms with E-state index in [0.29, 0.717) is 30.1 Å². The van der Waals surface area contributed by atoms with Gasteiger partial charge in [-0.3, -0.25) is 4.99 Å². The molecule has 5 aromatic rings. The van der Waals surface area contributed by atoms with Crippen LogP contribution in [0.25, 0.3) is 32.8 Å². The Kier molecular flexibility index (Phi) is 6.83. The zero-order chi connectivity index (χ0) is 25.9. The van der Waals surface area contributed by atoms with Crippen molar-refractivity contribution in [1.82, 2.24) is 14.9 Å². The van der Waals surface area contributed by atoms with Gasteiger partial charge < -0.3 is 24.9 Å². The summed E-state index contributed by atoms with van der Waals surface area (Å²) in [6.45, 7) is 0.949. The van der Waals surface area contributed by atoms with Gasteiger partial charge in [0.1, 0.15) is 5.65 Å². The number of hydrogen-bond acceptors (Lipinski definition) is 4. The number of esters is 1. The van der Waals surface area contributed by atoms with E-state index in [9.17, 15) is 9.59 Å². The summed E-state index contributed by atoms with van der Waals surface area (Å²) in [6, 6.07) is 20.2. The molecule has 3 N–H and O–H groups in total. The van der Waals surface area contributed by atoms with Crippen molar-refractivity contribution in [2.24, 2.45) is 12.0 Å². The lowest BCUT2D eigenvalue weighted by molar-refractivity contribution is 0.0601. The van der Waals surface area contributed by atoms with Crippen LogP contribution in [0.4, 0.5) is 10.5 Å². The van der Waals surface area contributed by atoms with E-state index >= 15 is 0 Å². The molecule has 0 atom stereocenters. The highest BCUT2D eigenvalue weighted by Crippen LogP contribution is 2.28. The van der Waals surface area contributed by atoms with Crippen LogP contribution in [-0.4, -0.2) is 41.8 Å². The number of nitrogens with zero attached hydrogens (tertiary/aromatic N) is 2. The zero-order valence-electron chi connectivity index (χ0n) is 20.5. The van der Waals surface area contributed by atoms with Crippen LogP contribution in [0.3, 0.4) is 0 Å². The second kappa shape index (κ2) is 10.4. The number of rotatable bonds is 6. The Balaban J connectivity index is 1.50. The fraction of sp³-hybridized carbons (Fsp3) is 0.179. The summed E-state index contributed by atoms with van der Waals surface area (Å²) in [4.78, 5) is 32.8. The third kappa shape index (κ3) is 4.88. The second-order valence-electron chi connectivity index (χ2n) is 8.65. The number of aromatic nitrogens is 2. The van der Waals surface area contributed by atoms with E-state index < -0.39 is 5.97 Å². The van der Waals surface area contributed by atoms with Gasteiger partial charge in [0.2, 0.25) is 0 Å². The Labute approximate surface area is 217 Å². The number of carbonyl (C=O) groups excluding carboxylic acids is 2. The summed E-state index contributed by atoms with van der Waals surface area (Å²) in [6.07, 6.45) is 0.641. The molecule has 0 fully saturated rings. The highest BCUT2D eigenvalue weighted by atomic mass is 35.5. The molecule has 0 radical (unpaired) electrons. The van der Waals surface area contributed by atoms with Crippen molar-refractivity contribution in [3.05, 3.63) is 82.7 Å². The number of benzene rings is 3. The van der Waals surface area contributed by atoms with Crippen molar-refractivity contribution in [1.29, 1.82) is 0 Å². The number of amides is 2. The van der Waals surface area contributed by atoms with Crippen LogP contribution in [0.15, 0.2) is 71.7 Å². The molecule has 0 saturated heterocycles. The van der Waals surface area contributed by atoms with Gasteiger partial charge in [-0.25, -0.2) is 9.59 Å². The topological polar surface area (TPSA) is 101 Å². The number of aromatic amines is 1. The fourth-order valence-electron chi connectivity index (χ4n) is 4.49. The van der Waals surface area contributed by atoms with Crippen molar-refractivity contribution in [3.63, 3.8) is 0 Å². The number of aryl methyl sites for hydroxylation is 1. The van der Waals surface area contributed by atoms with Crippen LogP contribution in [-0.2, 0) is 11.8 Å². The molecule has 0 bridgehead atoms. The van der Waals surface area contributed by atoms with Crippen LogP contribution >= 0.6 is 11.6 Å². The number of para-hydroxylation sites is 1. The Hall–Kier alpha value is -4.30. The van der Waals surface area contributed by atoms with Crippen molar-refractivity contribution in [2.45, 2.75) is 6.42 Å². The van der Waals surface area contributed by atoms with Crippen LogP contribution < -0.4 is 16.0 Å². The number of urea groups is 1. The van der Waals surface area contributed by atoms with Gasteiger partial charge in [0.25, 0.3) is 0 Å². The van der Waals surface area contributed by atoms with Gasteiger partial charge in [-0.2, -0.15) is 0 Å². The molecule has 9 heteroatoms. The van der Waals surface area contributed by atoms with Crippen molar-refractivity contribution in [2.75, 3.05) is 25.5 Å². The Morgan fingerprint density at radius 2 is 1.86 bits per heavy atom. The first-order chi connectivity index (χ1) is 18.0. The van der Waals surface area contributed by atoms with Gasteiger partial charge >= 0.3 is 12.0 Å². The third-order valence-corrected chi connectivity index (χ3v) is 6.50. The molecule has 2 heterocycles. The van der Waals surface area contributed by atoms with Gasteiger partial charge in [-0.15, -0.1) is 0 Å². The first-order valence-corrected chi connectivity index (χ1v) is 12.3. The monoisotopic (exact) mass is 515 g/mol. The van der Waals surface area contributed by atoms with Gasteiger partial charge in [0.15, 0.2) is 0 Å². The van der Waals surface area contributed by atoms with Gasteiger partial charge in [-0.1, -0.05) is 29.8 Å². The molecule has 0 aliphatic rings. The number of hydrogen-bond donors (Lipinski definition) is 3. The average Bonchev–Trinajstić information content (AvgIpc) is 3.29. The smallest absolute Gasteiger partial charge is 0.337 e. The zero-order valence-corrected chi connectivity index (χ0v) is 21.2. The maximum absolute atomic E-state index is 12.2. The van der Waals surface area contributed by atoms with Gasteiger partial charge in [0.05, 0.1) is 28.9 Å². The minimum atomic E-state index is -0.400. The molecule has 0 unspecified atom stereocenters. The summed E-state index contributed by atoms with van der Waals surface area (Å²) in [5.74, 6) is -0.400. The molecule has 5 rings (SSSR count). The molecular formula is C28H26ClN5O3. The van der Waals surface area contributed by atoms with Crippen molar-refractivity contribution >= 4 is 62.1 Å². The van der Waals surface area contributed by atoms with Crippen LogP contribution in [0.5, 0.6) is 0 Å². The highest BCUT2D eigenvalue weighted by Gasteiger charge is 2.16. The Bertz CT molecular complexity index is 1710. The summed E-state index contributed by atoms with van der Waals surface area (Å²) >= 11 is 6.38. The van der Waals surface area contributed by atoms with E-state index in [2.05, 4.69) is 20.2 Å². The van der Waals surface area contributed by atoms with Crippen LogP contribution in [0, 0.1) is 0 Å². The predicted molar refractivity (Wildman–Crippen MR) is 147 cm³/mol. The van der Waals surface area contributed by atoms with E-state index in [1.807, 2.05) is 67.7 Å².